The Morgan fingerprint density at radius 2 is 2.00 bits per heavy atom. The summed E-state index contributed by atoms with van der Waals surface area (Å²) < 4.78 is 5.88. The van der Waals surface area contributed by atoms with E-state index in [-0.39, 0.29) is 47.3 Å². The van der Waals surface area contributed by atoms with E-state index < -0.39 is 5.60 Å². The first-order valence-corrected chi connectivity index (χ1v) is 6.87. The van der Waals surface area contributed by atoms with Crippen LogP contribution in [0.5, 0.6) is 0 Å². The molecule has 2 aliphatic rings. The normalized spacial score (nSPS) is 29.8. The summed E-state index contributed by atoms with van der Waals surface area (Å²) in [7, 11) is 0. The van der Waals surface area contributed by atoms with Crippen LogP contribution >= 0.6 is 0 Å². The average Bonchev–Trinajstić information content (AvgIpc) is 2.65. The quantitative estimate of drug-likeness (QED) is 0.798. The summed E-state index contributed by atoms with van der Waals surface area (Å²) in [6.07, 6.45) is 1.75. The molecule has 1 heterocycles. The van der Waals surface area contributed by atoms with Gasteiger partial charge < -0.3 is 9.84 Å². The molecular formula is C15H22O4. The van der Waals surface area contributed by atoms with Gasteiger partial charge in [-0.3, -0.25) is 9.59 Å². The predicted octanol–water partition coefficient (Wildman–Crippen LogP) is 2.71. The number of ether oxygens (including phenoxy) is 1. The summed E-state index contributed by atoms with van der Waals surface area (Å²) in [5, 5.41) is 10.3. The number of aliphatic hydroxyl groups is 1. The molecule has 0 radical (unpaired) electrons. The lowest BCUT2D eigenvalue weighted by atomic mass is 9.95. The number of carbonyl (C=O) groups excluding carboxylic acids is 2. The molecule has 0 bridgehead atoms. The zero-order valence-electron chi connectivity index (χ0n) is 12.1. The Bertz CT molecular complexity index is 459. The van der Waals surface area contributed by atoms with Crippen LogP contribution in [0.25, 0.3) is 0 Å². The van der Waals surface area contributed by atoms with Crippen LogP contribution in [0.1, 0.15) is 53.4 Å². The molecule has 1 aliphatic carbocycles. The molecule has 1 saturated heterocycles. The molecule has 2 rings (SSSR count). The Morgan fingerprint density at radius 1 is 1.37 bits per heavy atom. The molecule has 1 spiro atoms. The van der Waals surface area contributed by atoms with Crippen LogP contribution < -0.4 is 0 Å². The van der Waals surface area contributed by atoms with E-state index in [1.54, 1.807) is 0 Å². The van der Waals surface area contributed by atoms with Crippen molar-refractivity contribution >= 4 is 11.6 Å². The van der Waals surface area contributed by atoms with Crippen LogP contribution in [-0.2, 0) is 14.3 Å². The molecule has 4 nitrogen and oxygen atoms in total. The van der Waals surface area contributed by atoms with Gasteiger partial charge in [0.1, 0.15) is 16.9 Å². The highest BCUT2D eigenvalue weighted by Crippen LogP contribution is 2.48. The fourth-order valence-corrected chi connectivity index (χ4v) is 2.98. The third-order valence-corrected chi connectivity index (χ3v) is 3.87. The topological polar surface area (TPSA) is 63.6 Å². The van der Waals surface area contributed by atoms with Gasteiger partial charge in [-0.15, -0.1) is 0 Å². The number of Topliss-reactive ketones (excluding diaryl/α,β-unsaturated/α-hetero) is 2. The lowest BCUT2D eigenvalue weighted by molar-refractivity contribution is -0.124. The smallest absolute Gasteiger partial charge is 0.173 e. The van der Waals surface area contributed by atoms with Crippen molar-refractivity contribution in [3.05, 3.63) is 11.3 Å². The number of allylic oxidation sites excluding steroid dienone is 1. The van der Waals surface area contributed by atoms with Gasteiger partial charge in [-0.2, -0.15) is 0 Å². The van der Waals surface area contributed by atoms with E-state index in [0.717, 1.165) is 6.42 Å². The minimum atomic E-state index is -0.942. The molecule has 1 aliphatic heterocycles. The molecule has 0 aromatic heterocycles. The summed E-state index contributed by atoms with van der Waals surface area (Å²) in [4.78, 5) is 24.1. The maximum atomic E-state index is 12.1. The number of hydrogen-bond donors (Lipinski definition) is 1. The SMILES string of the molecule is CC(C)CC(=O)C1=C(O)C2(CCC(C)(C)O2)CC1=O. The van der Waals surface area contributed by atoms with Gasteiger partial charge in [0.2, 0.25) is 0 Å². The van der Waals surface area contributed by atoms with Crippen LogP contribution in [0, 0.1) is 5.92 Å². The fraction of sp³-hybridized carbons (Fsp3) is 0.733. The molecule has 1 atom stereocenters. The Balaban J connectivity index is 2.31. The minimum Gasteiger partial charge on any atom is -0.508 e. The number of carbonyl (C=O) groups is 2. The molecule has 1 N–H and O–H groups in total. The van der Waals surface area contributed by atoms with E-state index >= 15 is 0 Å². The van der Waals surface area contributed by atoms with Crippen molar-refractivity contribution in [3.63, 3.8) is 0 Å². The van der Waals surface area contributed by atoms with Crippen LogP contribution in [-0.4, -0.2) is 27.9 Å². The number of ketones is 2. The van der Waals surface area contributed by atoms with Crippen molar-refractivity contribution in [2.75, 3.05) is 0 Å². The van der Waals surface area contributed by atoms with Gasteiger partial charge in [-0.1, -0.05) is 13.8 Å². The monoisotopic (exact) mass is 266 g/mol. The molecule has 0 amide bonds. The van der Waals surface area contributed by atoms with E-state index in [0.29, 0.717) is 6.42 Å². The summed E-state index contributed by atoms with van der Waals surface area (Å²) in [6.45, 7) is 7.71. The summed E-state index contributed by atoms with van der Waals surface area (Å²) in [6, 6.07) is 0. The highest BCUT2D eigenvalue weighted by molar-refractivity contribution is 6.22. The third-order valence-electron chi connectivity index (χ3n) is 3.87. The maximum absolute atomic E-state index is 12.1. The summed E-state index contributed by atoms with van der Waals surface area (Å²) >= 11 is 0. The molecule has 4 heteroatoms. The highest BCUT2D eigenvalue weighted by Gasteiger charge is 2.55. The summed E-state index contributed by atoms with van der Waals surface area (Å²) in [5.74, 6) is -0.504. The van der Waals surface area contributed by atoms with E-state index in [2.05, 4.69) is 0 Å². The number of aliphatic hydroxyl groups excluding tert-OH is 1. The lowest BCUT2D eigenvalue weighted by Gasteiger charge is -2.27. The number of hydrogen-bond acceptors (Lipinski definition) is 4. The van der Waals surface area contributed by atoms with Crippen molar-refractivity contribution in [3.8, 4) is 0 Å². The second-order valence-corrected chi connectivity index (χ2v) is 6.70. The molecule has 1 unspecified atom stereocenters. The van der Waals surface area contributed by atoms with Gasteiger partial charge in [0.25, 0.3) is 0 Å². The van der Waals surface area contributed by atoms with Crippen molar-refractivity contribution in [2.24, 2.45) is 5.92 Å². The maximum Gasteiger partial charge on any atom is 0.173 e. The van der Waals surface area contributed by atoms with Crippen LogP contribution in [0.15, 0.2) is 11.3 Å². The van der Waals surface area contributed by atoms with Gasteiger partial charge in [-0.05, 0) is 32.6 Å². The molecule has 106 valence electrons. The largest absolute Gasteiger partial charge is 0.508 e. The van der Waals surface area contributed by atoms with E-state index in [9.17, 15) is 14.7 Å². The molecule has 1 fully saturated rings. The van der Waals surface area contributed by atoms with E-state index in [1.165, 1.54) is 0 Å². The van der Waals surface area contributed by atoms with Gasteiger partial charge in [-0.25, -0.2) is 0 Å². The van der Waals surface area contributed by atoms with Crippen molar-refractivity contribution in [2.45, 2.75) is 64.6 Å². The highest BCUT2D eigenvalue weighted by atomic mass is 16.5. The van der Waals surface area contributed by atoms with Crippen molar-refractivity contribution in [1.82, 2.24) is 0 Å². The van der Waals surface area contributed by atoms with Crippen molar-refractivity contribution in [1.29, 1.82) is 0 Å². The van der Waals surface area contributed by atoms with Gasteiger partial charge in [0, 0.05) is 12.8 Å². The van der Waals surface area contributed by atoms with Gasteiger partial charge in [0.05, 0.1) is 5.60 Å². The van der Waals surface area contributed by atoms with Gasteiger partial charge >= 0.3 is 0 Å². The zero-order valence-corrected chi connectivity index (χ0v) is 12.1. The minimum absolute atomic E-state index is 0.0219. The van der Waals surface area contributed by atoms with E-state index in [4.69, 9.17) is 4.74 Å². The zero-order chi connectivity index (χ0) is 14.4. The van der Waals surface area contributed by atoms with E-state index in [1.807, 2.05) is 27.7 Å². The summed E-state index contributed by atoms with van der Waals surface area (Å²) in [5.41, 5.74) is -1.32. The van der Waals surface area contributed by atoms with Crippen LogP contribution in [0.4, 0.5) is 0 Å². The molecular weight excluding hydrogens is 244 g/mol. The number of rotatable bonds is 3. The van der Waals surface area contributed by atoms with Crippen molar-refractivity contribution < 1.29 is 19.4 Å². The second-order valence-electron chi connectivity index (χ2n) is 6.70. The first kappa shape index (κ1) is 14.3. The lowest BCUT2D eigenvalue weighted by Crippen LogP contribution is -2.32. The molecule has 0 aromatic rings. The Morgan fingerprint density at radius 3 is 2.47 bits per heavy atom. The Kier molecular flexibility index (Phi) is 3.33. The Labute approximate surface area is 113 Å². The Hall–Kier alpha value is -1.16. The average molecular weight is 266 g/mol. The molecule has 0 saturated carbocycles. The third kappa shape index (κ3) is 2.46. The molecule has 0 aromatic carbocycles. The standard InChI is InChI=1S/C15H22O4/c1-9(2)7-10(16)12-11(17)8-15(13(12)18)6-5-14(3,4)19-15/h9,18H,5-8H2,1-4H3. The molecule has 19 heavy (non-hydrogen) atoms. The van der Waals surface area contributed by atoms with Crippen LogP contribution in [0.2, 0.25) is 0 Å². The second kappa shape index (κ2) is 4.44. The fourth-order valence-electron chi connectivity index (χ4n) is 2.98. The van der Waals surface area contributed by atoms with Gasteiger partial charge in [0.15, 0.2) is 11.6 Å². The predicted molar refractivity (Wildman–Crippen MR) is 70.9 cm³/mol. The van der Waals surface area contributed by atoms with Crippen LogP contribution in [0.3, 0.4) is 0 Å². The first-order chi connectivity index (χ1) is 8.67. The first-order valence-electron chi connectivity index (χ1n) is 6.87.